The molecule has 0 spiro atoms. The van der Waals surface area contributed by atoms with E-state index in [1.807, 2.05) is 23.1 Å². The van der Waals surface area contributed by atoms with E-state index in [1.54, 1.807) is 0 Å². The van der Waals surface area contributed by atoms with Crippen LogP contribution in [0, 0.1) is 0 Å². The van der Waals surface area contributed by atoms with Gasteiger partial charge >= 0.3 is 0 Å². The van der Waals surface area contributed by atoms with Gasteiger partial charge in [0.25, 0.3) is 0 Å². The van der Waals surface area contributed by atoms with Crippen LogP contribution in [-0.4, -0.2) is 28.9 Å². The number of rotatable bonds is 5. The third-order valence-corrected chi connectivity index (χ3v) is 3.64. The van der Waals surface area contributed by atoms with Crippen LogP contribution in [0.3, 0.4) is 0 Å². The largest absolute Gasteiger partial charge is 0.370 e. The Morgan fingerprint density at radius 3 is 2.95 bits per heavy atom. The molecule has 4 heteroatoms. The van der Waals surface area contributed by atoms with Gasteiger partial charge in [0.1, 0.15) is 5.82 Å². The summed E-state index contributed by atoms with van der Waals surface area (Å²) in [4.78, 5) is 18.7. The van der Waals surface area contributed by atoms with E-state index in [0.717, 1.165) is 43.9 Å². The highest BCUT2D eigenvalue weighted by Gasteiger charge is 2.16. The zero-order chi connectivity index (χ0) is 14.2. The van der Waals surface area contributed by atoms with E-state index in [0.29, 0.717) is 13.0 Å². The molecule has 1 aliphatic rings. The Balaban J connectivity index is 1.98. The van der Waals surface area contributed by atoms with Gasteiger partial charge in [-0.1, -0.05) is 25.8 Å². The fraction of sp³-hybridized carbons (Fsp3) is 0.625. The van der Waals surface area contributed by atoms with Crippen LogP contribution in [0.15, 0.2) is 18.2 Å². The summed E-state index contributed by atoms with van der Waals surface area (Å²) in [5.41, 5.74) is 0.972. The number of carbonyl (C=O) groups excluding carboxylic acids is 1. The second kappa shape index (κ2) is 7.88. The van der Waals surface area contributed by atoms with Crippen LogP contribution >= 0.6 is 0 Å². The molecule has 1 N–H and O–H groups in total. The zero-order valence-corrected chi connectivity index (χ0v) is 12.4. The molecule has 0 saturated carbocycles. The van der Waals surface area contributed by atoms with Crippen molar-refractivity contribution in [1.82, 2.24) is 9.88 Å². The van der Waals surface area contributed by atoms with Gasteiger partial charge in [-0.05, 0) is 31.4 Å². The van der Waals surface area contributed by atoms with Crippen LogP contribution in [0.2, 0.25) is 0 Å². The summed E-state index contributed by atoms with van der Waals surface area (Å²) in [7, 11) is 0. The monoisotopic (exact) mass is 275 g/mol. The van der Waals surface area contributed by atoms with Crippen molar-refractivity contribution in [3.8, 4) is 0 Å². The van der Waals surface area contributed by atoms with Crippen molar-refractivity contribution < 1.29 is 4.79 Å². The predicted octanol–water partition coefficient (Wildman–Crippen LogP) is 3.20. The van der Waals surface area contributed by atoms with Gasteiger partial charge in [-0.15, -0.1) is 0 Å². The first kappa shape index (κ1) is 14.8. The molecule has 0 atom stereocenters. The minimum atomic E-state index is 0.276. The molecule has 20 heavy (non-hydrogen) atoms. The molecule has 1 aromatic rings. The molecule has 0 aromatic carbocycles. The molecule has 1 aliphatic heterocycles. The van der Waals surface area contributed by atoms with E-state index in [4.69, 9.17) is 0 Å². The number of anilines is 1. The number of hydrogen-bond acceptors (Lipinski definition) is 3. The molecule has 1 saturated heterocycles. The van der Waals surface area contributed by atoms with Crippen LogP contribution in [0.5, 0.6) is 0 Å². The molecule has 1 fully saturated rings. The number of aromatic nitrogens is 1. The Labute approximate surface area is 121 Å². The maximum absolute atomic E-state index is 12.1. The maximum atomic E-state index is 12.1. The lowest BCUT2D eigenvalue weighted by atomic mass is 10.1. The first-order valence-corrected chi connectivity index (χ1v) is 7.77. The van der Waals surface area contributed by atoms with E-state index in [2.05, 4.69) is 17.2 Å². The number of hydrogen-bond donors (Lipinski definition) is 1. The number of likely N-dealkylation sites (tertiary alicyclic amines) is 1. The van der Waals surface area contributed by atoms with Crippen molar-refractivity contribution in [2.75, 3.05) is 18.4 Å². The highest BCUT2D eigenvalue weighted by molar-refractivity contribution is 5.76. The molecule has 2 heterocycles. The van der Waals surface area contributed by atoms with Gasteiger partial charge < -0.3 is 10.2 Å². The first-order chi connectivity index (χ1) is 9.79. The Bertz CT molecular complexity index is 433. The number of amides is 1. The lowest BCUT2D eigenvalue weighted by Crippen LogP contribution is -2.32. The fourth-order valence-corrected chi connectivity index (χ4v) is 2.50. The van der Waals surface area contributed by atoms with Gasteiger partial charge in [0, 0.05) is 19.5 Å². The lowest BCUT2D eigenvalue weighted by molar-refractivity contribution is -0.132. The van der Waals surface area contributed by atoms with E-state index >= 15 is 0 Å². The Morgan fingerprint density at radius 1 is 1.25 bits per heavy atom. The van der Waals surface area contributed by atoms with Crippen molar-refractivity contribution >= 4 is 11.7 Å². The highest BCUT2D eigenvalue weighted by Crippen LogP contribution is 2.14. The minimum Gasteiger partial charge on any atom is -0.370 e. The molecular formula is C16H25N3O. The molecule has 2 rings (SSSR count). The standard InChI is InChI=1S/C16H25N3O/c1-2-11-17-15-9-7-8-14(18-15)13-19-12-6-4-3-5-10-16(19)20/h7-9H,2-6,10-13H2,1H3,(H,17,18). The summed E-state index contributed by atoms with van der Waals surface area (Å²) in [5, 5.41) is 3.29. The van der Waals surface area contributed by atoms with Crippen molar-refractivity contribution in [2.45, 2.75) is 52.0 Å². The van der Waals surface area contributed by atoms with Gasteiger partial charge in [-0.25, -0.2) is 4.98 Å². The second-order valence-corrected chi connectivity index (χ2v) is 5.42. The smallest absolute Gasteiger partial charge is 0.222 e. The normalized spacial score (nSPS) is 16.6. The van der Waals surface area contributed by atoms with Crippen LogP contribution in [0.1, 0.15) is 51.1 Å². The average Bonchev–Trinajstić information content (AvgIpc) is 2.45. The summed E-state index contributed by atoms with van der Waals surface area (Å²) in [6, 6.07) is 5.99. The molecular weight excluding hydrogens is 250 g/mol. The van der Waals surface area contributed by atoms with Gasteiger partial charge in [0.2, 0.25) is 5.91 Å². The van der Waals surface area contributed by atoms with Crippen molar-refractivity contribution in [3.63, 3.8) is 0 Å². The molecule has 0 bridgehead atoms. The topological polar surface area (TPSA) is 45.2 Å². The molecule has 1 amide bonds. The quantitative estimate of drug-likeness (QED) is 0.897. The number of nitrogens with one attached hydrogen (secondary N) is 1. The first-order valence-electron chi connectivity index (χ1n) is 7.77. The maximum Gasteiger partial charge on any atom is 0.222 e. The molecule has 4 nitrogen and oxygen atoms in total. The summed E-state index contributed by atoms with van der Waals surface area (Å²) in [5.74, 6) is 1.18. The third kappa shape index (κ3) is 4.51. The van der Waals surface area contributed by atoms with E-state index in [9.17, 15) is 4.79 Å². The van der Waals surface area contributed by atoms with Gasteiger partial charge in [0.05, 0.1) is 12.2 Å². The number of pyridine rings is 1. The zero-order valence-electron chi connectivity index (χ0n) is 12.4. The summed E-state index contributed by atoms with van der Waals surface area (Å²) >= 11 is 0. The molecule has 0 unspecified atom stereocenters. The van der Waals surface area contributed by atoms with Crippen molar-refractivity contribution in [2.24, 2.45) is 0 Å². The third-order valence-electron chi connectivity index (χ3n) is 3.64. The van der Waals surface area contributed by atoms with Crippen LogP contribution in [0.4, 0.5) is 5.82 Å². The average molecular weight is 275 g/mol. The predicted molar refractivity (Wildman–Crippen MR) is 81.5 cm³/mol. The van der Waals surface area contributed by atoms with E-state index in [-0.39, 0.29) is 5.91 Å². The SMILES string of the molecule is CCCNc1cccc(CN2CCCCCCC2=O)n1. The van der Waals surface area contributed by atoms with Gasteiger partial charge in [0.15, 0.2) is 0 Å². The fourth-order valence-electron chi connectivity index (χ4n) is 2.50. The summed E-state index contributed by atoms with van der Waals surface area (Å²) in [6.07, 6.45) is 6.33. The molecule has 1 aromatic heterocycles. The summed E-state index contributed by atoms with van der Waals surface area (Å²) in [6.45, 7) is 4.57. The molecule has 0 aliphatic carbocycles. The summed E-state index contributed by atoms with van der Waals surface area (Å²) < 4.78 is 0. The number of carbonyl (C=O) groups is 1. The number of nitrogens with zero attached hydrogens (tertiary/aromatic N) is 2. The Morgan fingerprint density at radius 2 is 2.10 bits per heavy atom. The van der Waals surface area contributed by atoms with Gasteiger partial charge in [-0.2, -0.15) is 0 Å². The molecule has 110 valence electrons. The molecule has 0 radical (unpaired) electrons. The van der Waals surface area contributed by atoms with Crippen molar-refractivity contribution in [3.05, 3.63) is 23.9 Å². The second-order valence-electron chi connectivity index (χ2n) is 5.42. The van der Waals surface area contributed by atoms with Crippen LogP contribution in [0.25, 0.3) is 0 Å². The minimum absolute atomic E-state index is 0.276. The lowest BCUT2D eigenvalue weighted by Gasteiger charge is -2.24. The van der Waals surface area contributed by atoms with Gasteiger partial charge in [-0.3, -0.25) is 4.79 Å². The Hall–Kier alpha value is -1.58. The van der Waals surface area contributed by atoms with Crippen LogP contribution < -0.4 is 5.32 Å². The highest BCUT2D eigenvalue weighted by atomic mass is 16.2. The van der Waals surface area contributed by atoms with E-state index in [1.165, 1.54) is 12.8 Å². The van der Waals surface area contributed by atoms with Crippen molar-refractivity contribution in [1.29, 1.82) is 0 Å². The van der Waals surface area contributed by atoms with Crippen LogP contribution in [-0.2, 0) is 11.3 Å². The Kier molecular flexibility index (Phi) is 5.84. The van der Waals surface area contributed by atoms with E-state index < -0.39 is 0 Å².